The number of anilines is 2. The quantitative estimate of drug-likeness (QED) is 0.876. The number of nitrogens with one attached hydrogen (secondary N) is 2. The van der Waals surface area contributed by atoms with Gasteiger partial charge in [0.1, 0.15) is 5.69 Å². The predicted octanol–water partition coefficient (Wildman–Crippen LogP) is 3.95. The number of nitrogens with zero attached hydrogens (tertiary/aromatic N) is 1. The highest BCUT2D eigenvalue weighted by molar-refractivity contribution is 6.04. The summed E-state index contributed by atoms with van der Waals surface area (Å²) in [6.45, 7) is 3.53. The molecule has 0 atom stereocenters. The van der Waals surface area contributed by atoms with Crippen molar-refractivity contribution in [2.75, 3.05) is 10.6 Å². The van der Waals surface area contributed by atoms with Crippen LogP contribution in [-0.4, -0.2) is 16.8 Å². The molecule has 0 radical (unpaired) electrons. The number of alkyl halides is 3. The summed E-state index contributed by atoms with van der Waals surface area (Å²) >= 11 is 0. The van der Waals surface area contributed by atoms with Crippen molar-refractivity contribution in [3.8, 4) is 0 Å². The van der Waals surface area contributed by atoms with Gasteiger partial charge in [0, 0.05) is 23.5 Å². The van der Waals surface area contributed by atoms with Gasteiger partial charge in [-0.25, -0.2) is 0 Å². The molecule has 2 rings (SSSR count). The molecule has 0 saturated heterocycles. The van der Waals surface area contributed by atoms with Gasteiger partial charge in [0.05, 0.1) is 5.56 Å². The van der Waals surface area contributed by atoms with Crippen molar-refractivity contribution < 1.29 is 22.8 Å². The van der Waals surface area contributed by atoms with E-state index in [1.807, 2.05) is 0 Å². The second-order valence-electron chi connectivity index (χ2n) is 5.61. The zero-order valence-electron chi connectivity index (χ0n) is 13.5. The third-order valence-corrected chi connectivity index (χ3v) is 3.25. The highest BCUT2D eigenvalue weighted by Gasteiger charge is 2.32. The summed E-state index contributed by atoms with van der Waals surface area (Å²) in [6.07, 6.45) is -3.68. The lowest BCUT2D eigenvalue weighted by Gasteiger charge is -2.10. The highest BCUT2D eigenvalue weighted by atomic mass is 19.4. The number of halogens is 3. The van der Waals surface area contributed by atoms with E-state index in [4.69, 9.17) is 0 Å². The maximum absolute atomic E-state index is 12.5. The van der Waals surface area contributed by atoms with Crippen LogP contribution in [-0.2, 0) is 11.0 Å². The Kier molecular flexibility index (Phi) is 5.41. The first-order valence-corrected chi connectivity index (χ1v) is 7.42. The van der Waals surface area contributed by atoms with Crippen LogP contribution in [0.15, 0.2) is 42.6 Å². The largest absolute Gasteiger partial charge is 0.433 e. The van der Waals surface area contributed by atoms with Crippen LogP contribution in [0.25, 0.3) is 0 Å². The Morgan fingerprint density at radius 1 is 0.960 bits per heavy atom. The molecule has 2 aromatic rings. The first kappa shape index (κ1) is 18.4. The zero-order valence-corrected chi connectivity index (χ0v) is 13.5. The van der Waals surface area contributed by atoms with Gasteiger partial charge < -0.3 is 10.6 Å². The van der Waals surface area contributed by atoms with E-state index in [2.05, 4.69) is 15.6 Å². The Morgan fingerprint density at radius 3 is 1.96 bits per heavy atom. The van der Waals surface area contributed by atoms with Crippen molar-refractivity contribution in [2.24, 2.45) is 5.92 Å². The Hall–Kier alpha value is -2.90. The molecule has 0 aliphatic heterocycles. The molecule has 0 aliphatic rings. The Labute approximate surface area is 142 Å². The number of hydrogen-bond acceptors (Lipinski definition) is 3. The van der Waals surface area contributed by atoms with Gasteiger partial charge in [-0.05, 0) is 36.4 Å². The zero-order chi connectivity index (χ0) is 18.6. The van der Waals surface area contributed by atoms with Gasteiger partial charge in [0.2, 0.25) is 5.91 Å². The third-order valence-electron chi connectivity index (χ3n) is 3.25. The van der Waals surface area contributed by atoms with Gasteiger partial charge in [0.15, 0.2) is 0 Å². The van der Waals surface area contributed by atoms with Crippen LogP contribution in [0, 0.1) is 5.92 Å². The normalized spacial score (nSPS) is 11.3. The Morgan fingerprint density at radius 2 is 1.52 bits per heavy atom. The molecule has 132 valence electrons. The molecule has 0 spiro atoms. The van der Waals surface area contributed by atoms with Gasteiger partial charge >= 0.3 is 6.18 Å². The van der Waals surface area contributed by atoms with E-state index >= 15 is 0 Å². The first-order valence-electron chi connectivity index (χ1n) is 7.42. The van der Waals surface area contributed by atoms with Crippen LogP contribution in [0.3, 0.4) is 0 Å². The van der Waals surface area contributed by atoms with E-state index in [1.165, 1.54) is 0 Å². The van der Waals surface area contributed by atoms with Gasteiger partial charge in [-0.1, -0.05) is 13.8 Å². The van der Waals surface area contributed by atoms with Crippen LogP contribution in [0.5, 0.6) is 0 Å². The van der Waals surface area contributed by atoms with Crippen LogP contribution in [0.4, 0.5) is 24.5 Å². The lowest BCUT2D eigenvalue weighted by Crippen LogP contribution is -2.17. The molecule has 0 bridgehead atoms. The van der Waals surface area contributed by atoms with E-state index in [0.29, 0.717) is 11.4 Å². The summed E-state index contributed by atoms with van der Waals surface area (Å²) in [4.78, 5) is 26.9. The third kappa shape index (κ3) is 5.03. The maximum Gasteiger partial charge on any atom is 0.433 e. The monoisotopic (exact) mass is 351 g/mol. The standard InChI is InChI=1S/C17H16F3N3O2/c1-10(2)15(24)22-12-4-6-13(7-5-12)23-16(25)11-3-8-14(21-9-11)17(18,19)20/h3-10H,1-2H3,(H,22,24)(H,23,25). The molecule has 25 heavy (non-hydrogen) atoms. The van der Waals surface area contributed by atoms with E-state index in [1.54, 1.807) is 38.1 Å². The fraction of sp³-hybridized carbons (Fsp3) is 0.235. The van der Waals surface area contributed by atoms with Crippen molar-refractivity contribution >= 4 is 23.2 Å². The van der Waals surface area contributed by atoms with E-state index in [9.17, 15) is 22.8 Å². The van der Waals surface area contributed by atoms with Crippen molar-refractivity contribution in [1.82, 2.24) is 4.98 Å². The summed E-state index contributed by atoms with van der Waals surface area (Å²) < 4.78 is 37.4. The Balaban J connectivity index is 2.02. The smallest absolute Gasteiger partial charge is 0.326 e. The van der Waals surface area contributed by atoms with Gasteiger partial charge in [-0.15, -0.1) is 0 Å². The van der Waals surface area contributed by atoms with Crippen molar-refractivity contribution in [1.29, 1.82) is 0 Å². The highest BCUT2D eigenvalue weighted by Crippen LogP contribution is 2.27. The van der Waals surface area contributed by atoms with Crippen LogP contribution in [0.1, 0.15) is 29.9 Å². The number of carbonyl (C=O) groups is 2. The molecule has 2 N–H and O–H groups in total. The molecule has 0 fully saturated rings. The lowest BCUT2D eigenvalue weighted by atomic mass is 10.2. The maximum atomic E-state index is 12.5. The number of hydrogen-bond donors (Lipinski definition) is 2. The fourth-order valence-corrected chi connectivity index (χ4v) is 1.82. The second-order valence-corrected chi connectivity index (χ2v) is 5.61. The number of aromatic nitrogens is 1. The molecule has 0 aliphatic carbocycles. The summed E-state index contributed by atoms with van der Waals surface area (Å²) in [7, 11) is 0. The van der Waals surface area contributed by atoms with Crippen molar-refractivity contribution in [2.45, 2.75) is 20.0 Å². The van der Waals surface area contributed by atoms with E-state index < -0.39 is 17.8 Å². The van der Waals surface area contributed by atoms with Gasteiger partial charge in [0.25, 0.3) is 5.91 Å². The molecule has 2 amide bonds. The molecule has 1 aromatic carbocycles. The number of carbonyl (C=O) groups excluding carboxylic acids is 2. The summed E-state index contributed by atoms with van der Waals surface area (Å²) in [5.41, 5.74) is -0.0418. The lowest BCUT2D eigenvalue weighted by molar-refractivity contribution is -0.141. The minimum Gasteiger partial charge on any atom is -0.326 e. The second kappa shape index (κ2) is 7.33. The molecule has 1 heterocycles. The summed E-state index contributed by atoms with van der Waals surface area (Å²) in [5, 5.41) is 5.25. The number of benzene rings is 1. The van der Waals surface area contributed by atoms with E-state index in [-0.39, 0.29) is 17.4 Å². The molecular weight excluding hydrogens is 335 g/mol. The topological polar surface area (TPSA) is 71.1 Å². The fourth-order valence-electron chi connectivity index (χ4n) is 1.82. The van der Waals surface area contributed by atoms with Crippen LogP contribution < -0.4 is 10.6 Å². The van der Waals surface area contributed by atoms with E-state index in [0.717, 1.165) is 18.3 Å². The molecule has 5 nitrogen and oxygen atoms in total. The van der Waals surface area contributed by atoms with Crippen molar-refractivity contribution in [3.05, 3.63) is 53.9 Å². The minimum absolute atomic E-state index is 0.00480. The molecule has 1 aromatic heterocycles. The van der Waals surface area contributed by atoms with Crippen LogP contribution in [0.2, 0.25) is 0 Å². The number of pyridine rings is 1. The molecular formula is C17H16F3N3O2. The SMILES string of the molecule is CC(C)C(=O)Nc1ccc(NC(=O)c2ccc(C(F)(F)F)nc2)cc1. The summed E-state index contributed by atoms with van der Waals surface area (Å²) in [6, 6.07) is 8.18. The molecule has 8 heteroatoms. The Bertz CT molecular complexity index is 754. The van der Waals surface area contributed by atoms with Crippen LogP contribution >= 0.6 is 0 Å². The van der Waals surface area contributed by atoms with Gasteiger partial charge in [-0.2, -0.15) is 13.2 Å². The predicted molar refractivity (Wildman–Crippen MR) is 87.1 cm³/mol. The first-order chi connectivity index (χ1) is 11.7. The molecule has 0 unspecified atom stereocenters. The average molecular weight is 351 g/mol. The number of rotatable bonds is 4. The average Bonchev–Trinajstić information content (AvgIpc) is 2.55. The molecule has 0 saturated carbocycles. The number of amides is 2. The minimum atomic E-state index is -4.55. The van der Waals surface area contributed by atoms with Gasteiger partial charge in [-0.3, -0.25) is 14.6 Å². The summed E-state index contributed by atoms with van der Waals surface area (Å²) in [5.74, 6) is -0.876. The van der Waals surface area contributed by atoms with Crippen molar-refractivity contribution in [3.63, 3.8) is 0 Å².